The van der Waals surface area contributed by atoms with Gasteiger partial charge in [-0.15, -0.1) is 4.31 Å². The van der Waals surface area contributed by atoms with E-state index in [1.165, 1.54) is 12.8 Å². The number of nitrogens with zero attached hydrogens (tertiary/aromatic N) is 1. The SMILES string of the molecule is CCCCCC(O)CCCN(CCCCCCC(=O)O)[S+](C)[O-]. The van der Waals surface area contributed by atoms with Crippen LogP contribution >= 0.6 is 0 Å². The van der Waals surface area contributed by atoms with Gasteiger partial charge in [-0.1, -0.05) is 39.0 Å². The third kappa shape index (κ3) is 15.0. The molecule has 0 fully saturated rings. The van der Waals surface area contributed by atoms with Gasteiger partial charge in [-0.25, -0.2) is 0 Å². The molecule has 0 saturated heterocycles. The number of aliphatic carboxylic acids is 1. The fourth-order valence-electron chi connectivity index (χ4n) is 2.56. The van der Waals surface area contributed by atoms with Crippen LogP contribution in [0.25, 0.3) is 0 Å². The molecule has 6 heteroatoms. The zero-order valence-electron chi connectivity index (χ0n) is 14.8. The fraction of sp³-hybridized carbons (Fsp3) is 0.941. The Labute approximate surface area is 144 Å². The van der Waals surface area contributed by atoms with Gasteiger partial charge < -0.3 is 14.8 Å². The van der Waals surface area contributed by atoms with Crippen LogP contribution in [0.1, 0.15) is 77.6 Å². The largest absolute Gasteiger partial charge is 0.598 e. The maximum atomic E-state index is 11.7. The Balaban J connectivity index is 3.71. The Morgan fingerprint density at radius 3 is 2.26 bits per heavy atom. The molecule has 138 valence electrons. The molecule has 0 radical (unpaired) electrons. The molecule has 0 saturated carbocycles. The number of carboxylic acid groups (broad SMARTS) is 1. The van der Waals surface area contributed by atoms with Crippen LogP contribution in [0.2, 0.25) is 0 Å². The summed E-state index contributed by atoms with van der Waals surface area (Å²) in [6.45, 7) is 3.69. The molecule has 2 unspecified atom stereocenters. The van der Waals surface area contributed by atoms with E-state index >= 15 is 0 Å². The average molecular weight is 350 g/mol. The first-order chi connectivity index (χ1) is 11.0. The third-order valence-electron chi connectivity index (χ3n) is 4.00. The molecule has 0 aliphatic heterocycles. The molecule has 23 heavy (non-hydrogen) atoms. The molecular weight excluding hydrogens is 314 g/mol. The Hall–Kier alpha value is -0.300. The van der Waals surface area contributed by atoms with E-state index in [-0.39, 0.29) is 12.5 Å². The summed E-state index contributed by atoms with van der Waals surface area (Å²) < 4.78 is 13.7. The Morgan fingerprint density at radius 1 is 1.04 bits per heavy atom. The Bertz CT molecular complexity index is 290. The van der Waals surface area contributed by atoms with Gasteiger partial charge >= 0.3 is 5.97 Å². The molecule has 0 amide bonds. The second-order valence-corrected chi connectivity index (χ2v) is 7.57. The highest BCUT2D eigenvalue weighted by Gasteiger charge is 2.14. The summed E-state index contributed by atoms with van der Waals surface area (Å²) >= 11 is -0.982. The highest BCUT2D eigenvalue weighted by Crippen LogP contribution is 2.11. The number of aliphatic hydroxyl groups is 1. The van der Waals surface area contributed by atoms with E-state index in [9.17, 15) is 14.5 Å². The molecule has 0 aliphatic rings. The molecule has 0 aromatic rings. The van der Waals surface area contributed by atoms with Crippen LogP contribution in [0.4, 0.5) is 0 Å². The molecule has 2 N–H and O–H groups in total. The van der Waals surface area contributed by atoms with Gasteiger partial charge in [0.25, 0.3) is 0 Å². The first-order valence-corrected chi connectivity index (χ1v) is 10.5. The lowest BCUT2D eigenvalue weighted by molar-refractivity contribution is -0.137. The van der Waals surface area contributed by atoms with Crippen LogP contribution < -0.4 is 0 Å². The van der Waals surface area contributed by atoms with Crippen molar-refractivity contribution < 1.29 is 19.6 Å². The van der Waals surface area contributed by atoms with Crippen molar-refractivity contribution in [1.29, 1.82) is 0 Å². The van der Waals surface area contributed by atoms with Gasteiger partial charge in [-0.05, 0) is 32.1 Å². The van der Waals surface area contributed by atoms with E-state index in [0.717, 1.165) is 58.0 Å². The lowest BCUT2D eigenvalue weighted by atomic mass is 10.1. The maximum Gasteiger partial charge on any atom is 0.303 e. The van der Waals surface area contributed by atoms with Gasteiger partial charge in [0, 0.05) is 30.9 Å². The molecule has 0 spiro atoms. The molecule has 2 atom stereocenters. The number of hydrogen-bond donors (Lipinski definition) is 2. The van der Waals surface area contributed by atoms with E-state index in [0.29, 0.717) is 6.42 Å². The minimum atomic E-state index is -0.982. The van der Waals surface area contributed by atoms with Crippen molar-refractivity contribution in [3.63, 3.8) is 0 Å². The quantitative estimate of drug-likeness (QED) is 0.330. The lowest BCUT2D eigenvalue weighted by Gasteiger charge is -2.22. The number of hydrogen-bond acceptors (Lipinski definition) is 4. The van der Waals surface area contributed by atoms with Gasteiger partial charge in [0.05, 0.1) is 6.10 Å². The van der Waals surface area contributed by atoms with Crippen LogP contribution in [0.3, 0.4) is 0 Å². The molecule has 0 bridgehead atoms. The summed E-state index contributed by atoms with van der Waals surface area (Å²) in [6.07, 6.45) is 11.2. The summed E-state index contributed by atoms with van der Waals surface area (Å²) in [6, 6.07) is 0. The minimum absolute atomic E-state index is 0.232. The van der Waals surface area contributed by atoms with Crippen molar-refractivity contribution in [2.24, 2.45) is 0 Å². The molecule has 0 aromatic carbocycles. The molecule has 0 aliphatic carbocycles. The zero-order chi connectivity index (χ0) is 17.5. The second kappa shape index (κ2) is 15.2. The van der Waals surface area contributed by atoms with Gasteiger partial charge in [0.15, 0.2) is 0 Å². The average Bonchev–Trinajstić information content (AvgIpc) is 2.48. The molecular formula is C17H35NO4S. The summed E-state index contributed by atoms with van der Waals surface area (Å²) in [4.78, 5) is 10.4. The van der Waals surface area contributed by atoms with Crippen molar-refractivity contribution >= 4 is 17.3 Å². The predicted molar refractivity (Wildman–Crippen MR) is 95.7 cm³/mol. The second-order valence-electron chi connectivity index (χ2n) is 6.20. The van der Waals surface area contributed by atoms with Crippen molar-refractivity contribution in [2.45, 2.75) is 83.7 Å². The van der Waals surface area contributed by atoms with Crippen LogP contribution in [-0.2, 0) is 16.2 Å². The number of carbonyl (C=O) groups is 1. The summed E-state index contributed by atoms with van der Waals surface area (Å²) in [5.41, 5.74) is 0. The number of unbranched alkanes of at least 4 members (excludes halogenated alkanes) is 5. The van der Waals surface area contributed by atoms with Crippen molar-refractivity contribution in [3.05, 3.63) is 0 Å². The summed E-state index contributed by atoms with van der Waals surface area (Å²) in [5.74, 6) is -0.737. The molecule has 5 nitrogen and oxygen atoms in total. The number of aliphatic hydroxyl groups excluding tert-OH is 1. The van der Waals surface area contributed by atoms with E-state index in [4.69, 9.17) is 5.11 Å². The number of carboxylic acids is 1. The van der Waals surface area contributed by atoms with E-state index in [2.05, 4.69) is 6.92 Å². The smallest absolute Gasteiger partial charge is 0.303 e. The minimum Gasteiger partial charge on any atom is -0.598 e. The molecule has 0 heterocycles. The first kappa shape index (κ1) is 22.7. The third-order valence-corrected chi connectivity index (χ3v) is 5.09. The topological polar surface area (TPSA) is 83.8 Å². The van der Waals surface area contributed by atoms with Crippen molar-refractivity contribution in [2.75, 3.05) is 19.3 Å². The summed E-state index contributed by atoms with van der Waals surface area (Å²) in [5, 5.41) is 18.5. The standard InChI is InChI=1S/C17H35NO4S/c1-3-4-7-11-16(19)12-10-15-18(23(2)22)14-9-6-5-8-13-17(20)21/h16,19H,3-15H2,1-2H3,(H,20,21). The van der Waals surface area contributed by atoms with Crippen molar-refractivity contribution in [1.82, 2.24) is 4.31 Å². The van der Waals surface area contributed by atoms with Crippen LogP contribution in [-0.4, -0.2) is 50.5 Å². The van der Waals surface area contributed by atoms with Gasteiger partial charge in [-0.3, -0.25) is 4.79 Å². The van der Waals surface area contributed by atoms with E-state index < -0.39 is 17.3 Å². The van der Waals surface area contributed by atoms with Crippen LogP contribution in [0.15, 0.2) is 0 Å². The summed E-state index contributed by atoms with van der Waals surface area (Å²) in [7, 11) is 0. The first-order valence-electron chi connectivity index (χ1n) is 8.95. The van der Waals surface area contributed by atoms with Gasteiger partial charge in [0.2, 0.25) is 0 Å². The highest BCUT2D eigenvalue weighted by atomic mass is 32.2. The van der Waals surface area contributed by atoms with Crippen LogP contribution in [0.5, 0.6) is 0 Å². The maximum absolute atomic E-state index is 11.7. The van der Waals surface area contributed by atoms with E-state index in [1.807, 2.05) is 4.31 Å². The van der Waals surface area contributed by atoms with Crippen LogP contribution in [0, 0.1) is 0 Å². The van der Waals surface area contributed by atoms with Gasteiger partial charge in [-0.2, -0.15) is 0 Å². The number of rotatable bonds is 16. The normalized spacial score (nSPS) is 14.1. The predicted octanol–water partition coefficient (Wildman–Crippen LogP) is 3.34. The Kier molecular flexibility index (Phi) is 15.0. The monoisotopic (exact) mass is 349 g/mol. The molecule has 0 rings (SSSR count). The highest BCUT2D eigenvalue weighted by molar-refractivity contribution is 7.88. The fourth-order valence-corrected chi connectivity index (χ4v) is 3.34. The Morgan fingerprint density at radius 2 is 1.65 bits per heavy atom. The van der Waals surface area contributed by atoms with Crippen molar-refractivity contribution in [3.8, 4) is 0 Å². The molecule has 0 aromatic heterocycles. The van der Waals surface area contributed by atoms with E-state index in [1.54, 1.807) is 6.26 Å². The van der Waals surface area contributed by atoms with Gasteiger partial charge in [0.1, 0.15) is 6.26 Å². The zero-order valence-corrected chi connectivity index (χ0v) is 15.7. The lowest BCUT2D eigenvalue weighted by Crippen LogP contribution is -2.32.